The minimum atomic E-state index is -0.0119. The van der Waals surface area contributed by atoms with E-state index in [9.17, 15) is 0 Å². The fraction of sp³-hybridized carbons (Fsp3) is 0.150. The second-order valence-corrected chi connectivity index (χ2v) is 13.0. The van der Waals surface area contributed by atoms with Crippen molar-refractivity contribution < 1.29 is 0 Å². The summed E-state index contributed by atoms with van der Waals surface area (Å²) < 4.78 is 2.51. The zero-order chi connectivity index (χ0) is 27.7. The summed E-state index contributed by atoms with van der Waals surface area (Å²) >= 11 is 0. The average molecular weight is 526 g/mol. The minimum absolute atomic E-state index is 0.00126. The van der Waals surface area contributed by atoms with E-state index in [1.807, 2.05) is 0 Å². The number of benzene rings is 6. The van der Waals surface area contributed by atoms with E-state index < -0.39 is 0 Å². The molecule has 0 radical (unpaired) electrons. The Morgan fingerprint density at radius 1 is 0.439 bits per heavy atom. The molecule has 0 bridgehead atoms. The molecule has 196 valence electrons. The molecule has 7 aromatic rings. The van der Waals surface area contributed by atoms with Crippen molar-refractivity contribution in [2.24, 2.45) is 0 Å². The van der Waals surface area contributed by atoms with E-state index in [1.165, 1.54) is 82.8 Å². The Kier molecular flexibility index (Phi) is 4.26. The summed E-state index contributed by atoms with van der Waals surface area (Å²) in [7, 11) is 0. The quantitative estimate of drug-likeness (QED) is 0.201. The van der Waals surface area contributed by atoms with Gasteiger partial charge in [0.2, 0.25) is 0 Å². The molecule has 1 heteroatoms. The van der Waals surface area contributed by atoms with Crippen LogP contribution in [0.4, 0.5) is 0 Å². The first kappa shape index (κ1) is 23.1. The maximum atomic E-state index is 2.51. The lowest BCUT2D eigenvalue weighted by atomic mass is 9.82. The number of hydrogen-bond donors (Lipinski definition) is 0. The number of rotatable bonds is 1. The Bertz CT molecular complexity index is 2260. The Hall–Kier alpha value is -4.62. The predicted octanol–water partition coefficient (Wildman–Crippen LogP) is 10.5. The molecule has 0 saturated carbocycles. The van der Waals surface area contributed by atoms with Crippen LogP contribution < -0.4 is 0 Å². The highest BCUT2D eigenvalue weighted by atomic mass is 15.0. The van der Waals surface area contributed by atoms with Gasteiger partial charge in [-0.3, -0.25) is 0 Å². The first-order valence-electron chi connectivity index (χ1n) is 14.7. The normalized spacial score (nSPS) is 15.7. The van der Waals surface area contributed by atoms with E-state index in [0.29, 0.717) is 0 Å². The lowest BCUT2D eigenvalue weighted by Gasteiger charge is -2.22. The summed E-state index contributed by atoms with van der Waals surface area (Å²) in [6.45, 7) is 9.43. The molecule has 0 saturated heterocycles. The summed E-state index contributed by atoms with van der Waals surface area (Å²) in [5.41, 5.74) is 14.9. The van der Waals surface area contributed by atoms with Crippen LogP contribution in [0.2, 0.25) is 0 Å². The van der Waals surface area contributed by atoms with Crippen LogP contribution in [0.1, 0.15) is 49.9 Å². The molecule has 2 aliphatic carbocycles. The van der Waals surface area contributed by atoms with E-state index in [2.05, 4.69) is 148 Å². The zero-order valence-corrected chi connectivity index (χ0v) is 23.9. The molecule has 1 heterocycles. The minimum Gasteiger partial charge on any atom is -0.309 e. The van der Waals surface area contributed by atoms with E-state index >= 15 is 0 Å². The van der Waals surface area contributed by atoms with Crippen LogP contribution in [-0.4, -0.2) is 4.57 Å². The lowest BCUT2D eigenvalue weighted by molar-refractivity contribution is 0.660. The number of fused-ring (bicyclic) bond motifs is 12. The number of aromatic nitrogens is 1. The molecule has 0 aliphatic heterocycles. The van der Waals surface area contributed by atoms with E-state index in [1.54, 1.807) is 0 Å². The van der Waals surface area contributed by atoms with Gasteiger partial charge in [0.25, 0.3) is 0 Å². The van der Waals surface area contributed by atoms with Gasteiger partial charge in [-0.25, -0.2) is 0 Å². The van der Waals surface area contributed by atoms with Crippen molar-refractivity contribution >= 4 is 32.6 Å². The maximum absolute atomic E-state index is 2.51. The SMILES string of the molecule is CC1(C)c2ccccc2-c2cc(-n3c4ccccc4c4ccc5c6c(ccc5c43)C(C)(C)c3ccccc3-6)ccc21. The molecule has 1 nitrogen and oxygen atoms in total. The third kappa shape index (κ3) is 2.77. The zero-order valence-electron chi connectivity index (χ0n) is 23.9. The summed E-state index contributed by atoms with van der Waals surface area (Å²) in [6.07, 6.45) is 0. The van der Waals surface area contributed by atoms with Crippen molar-refractivity contribution in [2.75, 3.05) is 0 Å². The van der Waals surface area contributed by atoms with Crippen molar-refractivity contribution in [1.29, 1.82) is 0 Å². The van der Waals surface area contributed by atoms with Crippen LogP contribution >= 0.6 is 0 Å². The van der Waals surface area contributed by atoms with Gasteiger partial charge >= 0.3 is 0 Å². The van der Waals surface area contributed by atoms with Gasteiger partial charge in [0.1, 0.15) is 0 Å². The molecular formula is C40H31N. The predicted molar refractivity (Wildman–Crippen MR) is 173 cm³/mol. The van der Waals surface area contributed by atoms with E-state index in [0.717, 1.165) is 0 Å². The molecule has 0 N–H and O–H groups in total. The first-order chi connectivity index (χ1) is 19.9. The van der Waals surface area contributed by atoms with Crippen molar-refractivity contribution in [2.45, 2.75) is 38.5 Å². The Morgan fingerprint density at radius 3 is 1.83 bits per heavy atom. The van der Waals surface area contributed by atoms with Crippen molar-refractivity contribution in [1.82, 2.24) is 4.57 Å². The highest BCUT2D eigenvalue weighted by Gasteiger charge is 2.37. The van der Waals surface area contributed by atoms with Gasteiger partial charge in [-0.05, 0) is 68.1 Å². The molecule has 0 spiro atoms. The monoisotopic (exact) mass is 525 g/mol. The third-order valence-corrected chi connectivity index (χ3v) is 10.2. The molecule has 0 unspecified atom stereocenters. The van der Waals surface area contributed by atoms with E-state index in [-0.39, 0.29) is 10.8 Å². The largest absolute Gasteiger partial charge is 0.309 e. The molecule has 0 amide bonds. The number of hydrogen-bond acceptors (Lipinski definition) is 0. The topological polar surface area (TPSA) is 4.93 Å². The summed E-state index contributed by atoms with van der Waals surface area (Å²) in [5.74, 6) is 0. The van der Waals surface area contributed by atoms with Gasteiger partial charge in [0.15, 0.2) is 0 Å². The van der Waals surface area contributed by atoms with Crippen LogP contribution in [0.5, 0.6) is 0 Å². The van der Waals surface area contributed by atoms with Crippen molar-refractivity contribution in [3.05, 3.63) is 138 Å². The summed E-state index contributed by atoms with van der Waals surface area (Å²) in [4.78, 5) is 0. The highest BCUT2D eigenvalue weighted by Crippen LogP contribution is 2.53. The summed E-state index contributed by atoms with van der Waals surface area (Å²) in [5, 5.41) is 5.25. The first-order valence-corrected chi connectivity index (χ1v) is 14.7. The fourth-order valence-corrected chi connectivity index (χ4v) is 8.18. The van der Waals surface area contributed by atoms with Gasteiger partial charge in [0, 0.05) is 32.7 Å². The fourth-order valence-electron chi connectivity index (χ4n) is 8.18. The van der Waals surface area contributed by atoms with E-state index in [4.69, 9.17) is 0 Å². The van der Waals surface area contributed by atoms with Gasteiger partial charge in [-0.15, -0.1) is 0 Å². The van der Waals surface area contributed by atoms with Gasteiger partial charge in [0.05, 0.1) is 11.0 Å². The Morgan fingerprint density at radius 2 is 1.00 bits per heavy atom. The van der Waals surface area contributed by atoms with Crippen LogP contribution in [0.15, 0.2) is 115 Å². The van der Waals surface area contributed by atoms with Gasteiger partial charge in [-0.1, -0.05) is 125 Å². The number of para-hydroxylation sites is 1. The van der Waals surface area contributed by atoms with Crippen LogP contribution in [0.25, 0.3) is 60.5 Å². The lowest BCUT2D eigenvalue weighted by Crippen LogP contribution is -2.14. The average Bonchev–Trinajstić information content (AvgIpc) is 3.54. The maximum Gasteiger partial charge on any atom is 0.0619 e. The molecule has 9 rings (SSSR count). The highest BCUT2D eigenvalue weighted by molar-refractivity contribution is 6.21. The Balaban J connectivity index is 1.40. The Labute approximate surface area is 240 Å². The van der Waals surface area contributed by atoms with Crippen molar-refractivity contribution in [3.63, 3.8) is 0 Å². The molecule has 2 aliphatic rings. The van der Waals surface area contributed by atoms with Crippen LogP contribution in [0.3, 0.4) is 0 Å². The molecule has 41 heavy (non-hydrogen) atoms. The molecule has 0 atom stereocenters. The smallest absolute Gasteiger partial charge is 0.0619 e. The van der Waals surface area contributed by atoms with Crippen LogP contribution in [-0.2, 0) is 10.8 Å². The number of nitrogens with zero attached hydrogens (tertiary/aromatic N) is 1. The van der Waals surface area contributed by atoms with Gasteiger partial charge < -0.3 is 4.57 Å². The van der Waals surface area contributed by atoms with Gasteiger partial charge in [-0.2, -0.15) is 0 Å². The second kappa shape index (κ2) is 7.56. The molecule has 0 fully saturated rings. The molecule has 6 aromatic carbocycles. The molecular weight excluding hydrogens is 494 g/mol. The second-order valence-electron chi connectivity index (χ2n) is 13.0. The van der Waals surface area contributed by atoms with Crippen LogP contribution in [0, 0.1) is 0 Å². The van der Waals surface area contributed by atoms with Crippen molar-refractivity contribution in [3.8, 4) is 27.9 Å². The standard InChI is InChI=1S/C40H31N/c1-39(2)32-14-8-5-11-25(32)31-23-24(17-21-34(31)39)41-36-16-10-7-12-26(36)28-19-18-27-29(38(28)41)20-22-35-37(27)30-13-6-9-15-33(30)40(35,3)4/h5-23H,1-4H3. The molecule has 1 aromatic heterocycles. The third-order valence-electron chi connectivity index (χ3n) is 10.2. The summed E-state index contributed by atoms with van der Waals surface area (Å²) in [6, 6.07) is 43.4.